The van der Waals surface area contributed by atoms with Gasteiger partial charge < -0.3 is 15.6 Å². The summed E-state index contributed by atoms with van der Waals surface area (Å²) in [5.41, 5.74) is 6.50. The van der Waals surface area contributed by atoms with Crippen LogP contribution in [0.4, 0.5) is 4.39 Å². The van der Waals surface area contributed by atoms with E-state index < -0.39 is 11.7 Å². The number of halogens is 1. The highest BCUT2D eigenvalue weighted by molar-refractivity contribution is 5.92. The molecule has 110 valence electrons. The molecule has 2 rings (SSSR count). The molecule has 0 spiro atoms. The van der Waals surface area contributed by atoms with Crippen molar-refractivity contribution in [3.63, 3.8) is 0 Å². The quantitative estimate of drug-likeness (QED) is 0.854. The summed E-state index contributed by atoms with van der Waals surface area (Å²) in [5.74, 6) is -0.494. The minimum atomic E-state index is -0.614. The molecular formula is C16H16FNO3. The number of carbonyl (C=O) groups is 1. The van der Waals surface area contributed by atoms with Crippen molar-refractivity contribution >= 4 is 5.91 Å². The highest BCUT2D eigenvalue weighted by Gasteiger charge is 2.09. The van der Waals surface area contributed by atoms with Crippen LogP contribution in [0.5, 0.6) is 5.75 Å². The molecule has 0 saturated heterocycles. The Labute approximate surface area is 122 Å². The summed E-state index contributed by atoms with van der Waals surface area (Å²) in [6, 6.07) is 11.1. The van der Waals surface area contributed by atoms with Crippen molar-refractivity contribution < 1.29 is 19.0 Å². The SMILES string of the molecule is NC(=O)c1ccc(F)c(COc2ccccc2CCO)c1. The lowest BCUT2D eigenvalue weighted by atomic mass is 10.1. The Hall–Kier alpha value is -2.40. The summed E-state index contributed by atoms with van der Waals surface area (Å²) in [6.45, 7) is -0.0126. The number of benzene rings is 2. The summed E-state index contributed by atoms with van der Waals surface area (Å²) in [5, 5.41) is 9.00. The number of hydrogen-bond donors (Lipinski definition) is 2. The minimum Gasteiger partial charge on any atom is -0.489 e. The number of hydrogen-bond acceptors (Lipinski definition) is 3. The smallest absolute Gasteiger partial charge is 0.248 e. The molecule has 5 heteroatoms. The molecule has 0 atom stereocenters. The molecule has 2 aromatic rings. The first-order valence-electron chi connectivity index (χ1n) is 6.51. The lowest BCUT2D eigenvalue weighted by Crippen LogP contribution is -2.12. The third-order valence-corrected chi connectivity index (χ3v) is 3.07. The Balaban J connectivity index is 2.16. The molecule has 1 amide bonds. The largest absolute Gasteiger partial charge is 0.489 e. The highest BCUT2D eigenvalue weighted by Crippen LogP contribution is 2.21. The normalized spacial score (nSPS) is 10.4. The predicted octanol–water partition coefficient (Wildman–Crippen LogP) is 2.04. The Morgan fingerprint density at radius 1 is 1.19 bits per heavy atom. The van der Waals surface area contributed by atoms with Crippen molar-refractivity contribution in [3.05, 3.63) is 65.0 Å². The predicted molar refractivity (Wildman–Crippen MR) is 76.5 cm³/mol. The lowest BCUT2D eigenvalue weighted by Gasteiger charge is -2.11. The van der Waals surface area contributed by atoms with Gasteiger partial charge in [0.2, 0.25) is 5.91 Å². The molecule has 0 aromatic heterocycles. The summed E-state index contributed by atoms with van der Waals surface area (Å²) in [4.78, 5) is 11.1. The highest BCUT2D eigenvalue weighted by atomic mass is 19.1. The zero-order valence-corrected chi connectivity index (χ0v) is 11.4. The van der Waals surface area contributed by atoms with E-state index in [1.165, 1.54) is 18.2 Å². The Bertz CT molecular complexity index is 643. The van der Waals surface area contributed by atoms with E-state index in [4.69, 9.17) is 15.6 Å². The van der Waals surface area contributed by atoms with Crippen molar-refractivity contribution in [2.75, 3.05) is 6.61 Å². The van der Waals surface area contributed by atoms with Gasteiger partial charge in [0.05, 0.1) is 0 Å². The fourth-order valence-corrected chi connectivity index (χ4v) is 1.97. The van der Waals surface area contributed by atoms with Crippen molar-refractivity contribution in [1.82, 2.24) is 0 Å². The lowest BCUT2D eigenvalue weighted by molar-refractivity contribution is 0.1000. The van der Waals surface area contributed by atoms with Crippen molar-refractivity contribution in [3.8, 4) is 5.75 Å². The van der Waals surface area contributed by atoms with E-state index in [-0.39, 0.29) is 24.3 Å². The maximum Gasteiger partial charge on any atom is 0.248 e. The van der Waals surface area contributed by atoms with Crippen LogP contribution in [0, 0.1) is 5.82 Å². The molecule has 21 heavy (non-hydrogen) atoms. The number of carbonyl (C=O) groups excluding carboxylic acids is 1. The maximum absolute atomic E-state index is 13.7. The van der Waals surface area contributed by atoms with Gasteiger partial charge in [-0.25, -0.2) is 4.39 Å². The third-order valence-electron chi connectivity index (χ3n) is 3.07. The summed E-state index contributed by atoms with van der Waals surface area (Å²) in [7, 11) is 0. The molecule has 0 bridgehead atoms. The Kier molecular flexibility index (Phi) is 4.90. The van der Waals surface area contributed by atoms with Gasteiger partial charge in [-0.2, -0.15) is 0 Å². The zero-order valence-electron chi connectivity index (χ0n) is 11.4. The summed E-state index contributed by atoms with van der Waals surface area (Å²) in [6.07, 6.45) is 0.458. The molecule has 0 heterocycles. The van der Waals surface area contributed by atoms with Crippen LogP contribution in [-0.2, 0) is 13.0 Å². The summed E-state index contributed by atoms with van der Waals surface area (Å²) >= 11 is 0. The van der Waals surface area contributed by atoms with Gasteiger partial charge in [-0.1, -0.05) is 18.2 Å². The van der Waals surface area contributed by atoms with Crippen LogP contribution in [0.25, 0.3) is 0 Å². The molecular weight excluding hydrogens is 273 g/mol. The second-order valence-electron chi connectivity index (χ2n) is 4.54. The second kappa shape index (κ2) is 6.85. The number of aliphatic hydroxyl groups is 1. The van der Waals surface area contributed by atoms with Crippen LogP contribution in [0.15, 0.2) is 42.5 Å². The van der Waals surface area contributed by atoms with Crippen LogP contribution in [0.1, 0.15) is 21.5 Å². The maximum atomic E-state index is 13.7. The fourth-order valence-electron chi connectivity index (χ4n) is 1.97. The molecule has 0 aliphatic carbocycles. The van der Waals surface area contributed by atoms with E-state index in [2.05, 4.69) is 0 Å². The third kappa shape index (κ3) is 3.79. The molecule has 3 N–H and O–H groups in total. The molecule has 0 unspecified atom stereocenters. The first-order chi connectivity index (χ1) is 10.1. The topological polar surface area (TPSA) is 72.6 Å². The van der Waals surface area contributed by atoms with E-state index in [1.807, 2.05) is 12.1 Å². The Morgan fingerprint density at radius 3 is 2.67 bits per heavy atom. The molecule has 0 radical (unpaired) electrons. The van der Waals surface area contributed by atoms with Crippen LogP contribution < -0.4 is 10.5 Å². The molecule has 2 aromatic carbocycles. The van der Waals surface area contributed by atoms with E-state index in [1.54, 1.807) is 12.1 Å². The Morgan fingerprint density at radius 2 is 1.95 bits per heavy atom. The monoisotopic (exact) mass is 289 g/mol. The van der Waals surface area contributed by atoms with Crippen molar-refractivity contribution in [2.24, 2.45) is 5.73 Å². The van der Waals surface area contributed by atoms with Crippen molar-refractivity contribution in [1.29, 1.82) is 0 Å². The first-order valence-corrected chi connectivity index (χ1v) is 6.51. The van der Waals surface area contributed by atoms with Crippen LogP contribution in [-0.4, -0.2) is 17.6 Å². The van der Waals surface area contributed by atoms with Gasteiger partial charge in [0.1, 0.15) is 18.2 Å². The van der Waals surface area contributed by atoms with Gasteiger partial charge in [0.15, 0.2) is 0 Å². The number of rotatable bonds is 6. The molecule has 0 aliphatic rings. The number of primary amides is 1. The van der Waals surface area contributed by atoms with Gasteiger partial charge in [0.25, 0.3) is 0 Å². The van der Waals surface area contributed by atoms with E-state index in [0.717, 1.165) is 5.56 Å². The van der Waals surface area contributed by atoms with E-state index >= 15 is 0 Å². The number of amides is 1. The number of aliphatic hydroxyl groups excluding tert-OH is 1. The van der Waals surface area contributed by atoms with Gasteiger partial charge >= 0.3 is 0 Å². The average molecular weight is 289 g/mol. The van der Waals surface area contributed by atoms with Crippen LogP contribution in [0.3, 0.4) is 0 Å². The number of nitrogens with two attached hydrogens (primary N) is 1. The average Bonchev–Trinajstić information content (AvgIpc) is 2.48. The van der Waals surface area contributed by atoms with Crippen LogP contribution in [0.2, 0.25) is 0 Å². The zero-order chi connectivity index (χ0) is 15.2. The molecule has 4 nitrogen and oxygen atoms in total. The van der Waals surface area contributed by atoms with Gasteiger partial charge in [-0.05, 0) is 36.2 Å². The summed E-state index contributed by atoms with van der Waals surface area (Å²) < 4.78 is 19.3. The molecule has 0 aliphatic heterocycles. The van der Waals surface area contributed by atoms with Gasteiger partial charge in [-0.15, -0.1) is 0 Å². The minimum absolute atomic E-state index is 0.00585. The van der Waals surface area contributed by atoms with Crippen LogP contribution >= 0.6 is 0 Å². The fraction of sp³-hybridized carbons (Fsp3) is 0.188. The standard InChI is InChI=1S/C16H16FNO3/c17-14-6-5-12(16(18)20)9-13(14)10-21-15-4-2-1-3-11(15)7-8-19/h1-6,9,19H,7-8,10H2,(H2,18,20). The van der Waals surface area contributed by atoms with Gasteiger partial charge in [-0.3, -0.25) is 4.79 Å². The van der Waals surface area contributed by atoms with Gasteiger partial charge in [0, 0.05) is 17.7 Å². The molecule has 0 saturated carbocycles. The molecule has 0 fully saturated rings. The second-order valence-corrected chi connectivity index (χ2v) is 4.54. The first kappa shape index (κ1) is 15.0. The van der Waals surface area contributed by atoms with Crippen molar-refractivity contribution in [2.45, 2.75) is 13.0 Å². The number of ether oxygens (including phenoxy) is 1. The van der Waals surface area contributed by atoms with E-state index in [9.17, 15) is 9.18 Å². The van der Waals surface area contributed by atoms with E-state index in [0.29, 0.717) is 12.2 Å². The number of para-hydroxylation sites is 1.